The number of esters is 1. The van der Waals surface area contributed by atoms with Gasteiger partial charge in [-0.1, -0.05) is 55.5 Å². The van der Waals surface area contributed by atoms with Crippen LogP contribution in [0.3, 0.4) is 0 Å². The van der Waals surface area contributed by atoms with Gasteiger partial charge in [-0.3, -0.25) is 14.5 Å². The summed E-state index contributed by atoms with van der Waals surface area (Å²) in [6.07, 6.45) is 0.121. The first-order chi connectivity index (χ1) is 19.9. The standard InChI is InChI=1S/C24H30N2O3.C6H8O7/c1-3-22(27)26(21-12-8-5-9-13-21)24(23(28)29-2)15-18-25(19-16-24)17-14-20-10-6-4-7-11-20;7-3(8)1-6(13,5(11)12)2-4(9)10/h4-13H,3,14-19H2,1-2H3;13H,1-2H2,(H,7,8)(H,9,10)(H,11,12). The fourth-order valence-electron chi connectivity index (χ4n) is 5.01. The normalized spacial score (nSPS) is 19.3. The number of hydrogen-bond donors (Lipinski definition) is 4. The number of piperidine rings is 1. The Morgan fingerprint density at radius 1 is 0.952 bits per heavy atom. The van der Waals surface area contributed by atoms with Gasteiger partial charge in [-0.25, -0.2) is 9.59 Å². The van der Waals surface area contributed by atoms with Crippen molar-refractivity contribution in [1.29, 1.82) is 0 Å². The van der Waals surface area contributed by atoms with Crippen LogP contribution in [0.1, 0.15) is 44.6 Å². The molecule has 1 amide bonds. The van der Waals surface area contributed by atoms with Crippen LogP contribution in [0, 0.1) is 0 Å². The summed E-state index contributed by atoms with van der Waals surface area (Å²) in [5.74, 6) is -5.70. The minimum Gasteiger partial charge on any atom is -0.550 e. The number of hydrogen-bond acceptors (Lipinski definition) is 8. The number of quaternary nitrogens is 1. The molecule has 228 valence electrons. The Labute approximate surface area is 244 Å². The molecule has 12 nitrogen and oxygen atoms in total. The fraction of sp³-hybridized carbons (Fsp3) is 0.433. The number of likely N-dealkylation sites (tertiary alicyclic amines) is 1. The predicted octanol–water partition coefficient (Wildman–Crippen LogP) is -0.320. The van der Waals surface area contributed by atoms with E-state index in [0.29, 0.717) is 19.3 Å². The van der Waals surface area contributed by atoms with E-state index in [-0.39, 0.29) is 11.9 Å². The second-order valence-corrected chi connectivity index (χ2v) is 10.1. The second-order valence-electron chi connectivity index (χ2n) is 10.1. The van der Waals surface area contributed by atoms with Crippen LogP contribution in [0.25, 0.3) is 0 Å². The minimum atomic E-state index is -2.80. The number of nitrogens with zero attached hydrogens (tertiary/aromatic N) is 1. The molecule has 42 heavy (non-hydrogen) atoms. The molecule has 12 heteroatoms. The van der Waals surface area contributed by atoms with Gasteiger partial charge in [0.15, 0.2) is 11.1 Å². The lowest BCUT2D eigenvalue weighted by molar-refractivity contribution is -0.905. The van der Waals surface area contributed by atoms with E-state index in [1.54, 1.807) is 4.90 Å². The fourth-order valence-corrected chi connectivity index (χ4v) is 5.01. The average Bonchev–Trinajstić information content (AvgIpc) is 2.96. The third-order valence-corrected chi connectivity index (χ3v) is 7.23. The quantitative estimate of drug-likeness (QED) is 0.240. The van der Waals surface area contributed by atoms with Crippen molar-refractivity contribution in [2.24, 2.45) is 0 Å². The molecule has 1 aliphatic heterocycles. The van der Waals surface area contributed by atoms with Gasteiger partial charge in [-0.15, -0.1) is 0 Å². The number of ether oxygens (including phenoxy) is 1. The molecule has 2 aromatic rings. The van der Waals surface area contributed by atoms with E-state index in [9.17, 15) is 29.1 Å². The SMILES string of the molecule is CCC(=O)N(c1ccccc1)C1(C(=O)OC)CC[NH+](CCc2ccccc2)CC1.O=C([O-])CC(O)(CC(=O)O)C(=O)O. The van der Waals surface area contributed by atoms with Gasteiger partial charge in [-0.05, 0) is 17.7 Å². The van der Waals surface area contributed by atoms with Crippen molar-refractivity contribution in [2.45, 2.75) is 56.6 Å². The summed E-state index contributed by atoms with van der Waals surface area (Å²) in [4.78, 5) is 59.4. The molecule has 0 aliphatic carbocycles. The van der Waals surface area contributed by atoms with Crippen molar-refractivity contribution in [2.75, 3.05) is 31.6 Å². The molecular formula is C30H38N2O10. The maximum atomic E-state index is 13.0. The molecule has 0 bridgehead atoms. The number of amides is 1. The number of carboxylic acid groups (broad SMARTS) is 3. The summed E-state index contributed by atoms with van der Waals surface area (Å²) in [6.45, 7) is 4.53. The number of anilines is 1. The second kappa shape index (κ2) is 15.6. The van der Waals surface area contributed by atoms with Crippen LogP contribution < -0.4 is 14.9 Å². The van der Waals surface area contributed by atoms with Gasteiger partial charge in [-0.2, -0.15) is 0 Å². The number of carbonyl (C=O) groups is 5. The van der Waals surface area contributed by atoms with Crippen molar-refractivity contribution in [3.8, 4) is 0 Å². The molecule has 2 aromatic carbocycles. The lowest BCUT2D eigenvalue weighted by atomic mass is 9.84. The highest BCUT2D eigenvalue weighted by atomic mass is 16.5. The maximum absolute atomic E-state index is 13.0. The molecule has 1 atom stereocenters. The number of aliphatic carboxylic acids is 3. The van der Waals surface area contributed by atoms with Gasteiger partial charge < -0.3 is 34.9 Å². The first-order valence-corrected chi connectivity index (χ1v) is 13.6. The van der Waals surface area contributed by atoms with E-state index >= 15 is 0 Å². The van der Waals surface area contributed by atoms with Gasteiger partial charge in [0.05, 0.1) is 33.2 Å². The number of carbonyl (C=O) groups excluding carboxylic acids is 3. The van der Waals surface area contributed by atoms with Crippen molar-refractivity contribution >= 4 is 35.5 Å². The molecule has 0 spiro atoms. The summed E-state index contributed by atoms with van der Waals surface area (Å²) in [5, 5.41) is 35.5. The van der Waals surface area contributed by atoms with Crippen LogP contribution >= 0.6 is 0 Å². The summed E-state index contributed by atoms with van der Waals surface area (Å²) in [6, 6.07) is 20.0. The van der Waals surface area contributed by atoms with Crippen molar-refractivity contribution in [1.82, 2.24) is 0 Å². The third kappa shape index (κ3) is 9.11. The summed E-state index contributed by atoms with van der Waals surface area (Å²) >= 11 is 0. The molecule has 0 aromatic heterocycles. The van der Waals surface area contributed by atoms with Gasteiger partial charge >= 0.3 is 17.9 Å². The number of rotatable bonds is 12. The number of nitrogens with one attached hydrogen (secondary N) is 1. The molecule has 3 rings (SSSR count). The van der Waals surface area contributed by atoms with Gasteiger partial charge in [0.2, 0.25) is 5.91 Å². The molecule has 0 saturated carbocycles. The molecule has 1 saturated heterocycles. The summed E-state index contributed by atoms with van der Waals surface area (Å²) in [5.41, 5.74) is -1.64. The molecule has 1 aliphatic rings. The zero-order chi connectivity index (χ0) is 31.3. The van der Waals surface area contributed by atoms with E-state index in [0.717, 1.165) is 31.7 Å². The third-order valence-electron chi connectivity index (χ3n) is 7.23. The van der Waals surface area contributed by atoms with E-state index in [1.165, 1.54) is 17.6 Å². The Hall–Kier alpha value is -4.29. The molecule has 1 heterocycles. The Bertz CT molecular complexity index is 1200. The highest BCUT2D eigenvalue weighted by molar-refractivity contribution is 6.02. The van der Waals surface area contributed by atoms with Crippen LogP contribution in [-0.4, -0.2) is 83.0 Å². The van der Waals surface area contributed by atoms with E-state index < -0.39 is 41.9 Å². The monoisotopic (exact) mass is 586 g/mol. The first-order valence-electron chi connectivity index (χ1n) is 13.6. The highest BCUT2D eigenvalue weighted by Gasteiger charge is 2.51. The lowest BCUT2D eigenvalue weighted by Gasteiger charge is -2.45. The van der Waals surface area contributed by atoms with Gasteiger partial charge in [0.1, 0.15) is 0 Å². The van der Waals surface area contributed by atoms with Gasteiger partial charge in [0.25, 0.3) is 0 Å². The van der Waals surface area contributed by atoms with Gasteiger partial charge in [0, 0.05) is 43.8 Å². The number of benzene rings is 2. The predicted molar refractivity (Wildman–Crippen MR) is 148 cm³/mol. The number of carboxylic acids is 3. The minimum absolute atomic E-state index is 0.0469. The Kier molecular flexibility index (Phi) is 12.6. The van der Waals surface area contributed by atoms with Crippen molar-refractivity contribution < 1.29 is 54.0 Å². The largest absolute Gasteiger partial charge is 0.550 e. The van der Waals surface area contributed by atoms with E-state index in [1.807, 2.05) is 43.3 Å². The summed E-state index contributed by atoms with van der Waals surface area (Å²) < 4.78 is 5.21. The average molecular weight is 587 g/mol. The van der Waals surface area contributed by atoms with Crippen LogP contribution in [-0.2, 0) is 35.1 Å². The van der Waals surface area contributed by atoms with Crippen LogP contribution in [0.4, 0.5) is 5.69 Å². The number of methoxy groups -OCH3 is 1. The Morgan fingerprint density at radius 2 is 1.50 bits per heavy atom. The van der Waals surface area contributed by atoms with Crippen molar-refractivity contribution in [3.63, 3.8) is 0 Å². The van der Waals surface area contributed by atoms with E-state index in [4.69, 9.17) is 20.1 Å². The van der Waals surface area contributed by atoms with Crippen LogP contribution in [0.15, 0.2) is 60.7 Å². The molecule has 1 fully saturated rings. The number of aliphatic hydroxyl groups is 1. The topological polar surface area (TPSA) is 186 Å². The maximum Gasteiger partial charge on any atom is 0.336 e. The van der Waals surface area contributed by atoms with Crippen LogP contribution in [0.2, 0.25) is 0 Å². The lowest BCUT2D eigenvalue weighted by Crippen LogP contribution is -3.14. The molecule has 4 N–H and O–H groups in total. The zero-order valence-corrected chi connectivity index (χ0v) is 23.8. The Balaban J connectivity index is 0.000000401. The summed E-state index contributed by atoms with van der Waals surface area (Å²) in [7, 11) is 1.41. The smallest absolute Gasteiger partial charge is 0.336 e. The number of para-hydroxylation sites is 1. The molecular weight excluding hydrogens is 548 g/mol. The Morgan fingerprint density at radius 3 is 1.95 bits per heavy atom. The highest BCUT2D eigenvalue weighted by Crippen LogP contribution is 2.33. The zero-order valence-electron chi connectivity index (χ0n) is 23.8. The van der Waals surface area contributed by atoms with Crippen LogP contribution in [0.5, 0.6) is 0 Å². The molecule has 0 radical (unpaired) electrons. The molecule has 1 unspecified atom stereocenters. The first kappa shape index (κ1) is 33.9. The van der Waals surface area contributed by atoms with E-state index in [2.05, 4.69) is 24.3 Å². The van der Waals surface area contributed by atoms with Crippen molar-refractivity contribution in [3.05, 3.63) is 66.2 Å².